The quantitative estimate of drug-likeness (QED) is 0.852. The molecule has 122 valence electrons. The van der Waals surface area contributed by atoms with Crippen LogP contribution in [0.5, 0.6) is 0 Å². The van der Waals surface area contributed by atoms with Crippen molar-refractivity contribution in [1.82, 2.24) is 25.6 Å². The fourth-order valence-electron chi connectivity index (χ4n) is 3.11. The van der Waals surface area contributed by atoms with Crippen LogP contribution in [0.4, 0.5) is 0 Å². The van der Waals surface area contributed by atoms with Crippen molar-refractivity contribution in [3.63, 3.8) is 0 Å². The van der Waals surface area contributed by atoms with Gasteiger partial charge in [-0.2, -0.15) is 15.4 Å². The first kappa shape index (κ1) is 15.7. The number of aromatic nitrogens is 3. The third-order valence-electron chi connectivity index (χ3n) is 4.39. The molecule has 1 amide bonds. The van der Waals surface area contributed by atoms with Gasteiger partial charge in [-0.3, -0.25) is 9.69 Å². The van der Waals surface area contributed by atoms with Crippen molar-refractivity contribution in [2.24, 2.45) is 5.92 Å². The zero-order chi connectivity index (χ0) is 16.1. The molecule has 0 radical (unpaired) electrons. The lowest BCUT2D eigenvalue weighted by molar-refractivity contribution is 0.0946. The molecule has 1 unspecified atom stereocenters. The molecule has 1 fully saturated rings. The van der Waals surface area contributed by atoms with Crippen LogP contribution in [-0.2, 0) is 6.54 Å². The summed E-state index contributed by atoms with van der Waals surface area (Å²) >= 11 is 0. The Kier molecular flexibility index (Phi) is 5.02. The summed E-state index contributed by atoms with van der Waals surface area (Å²) in [5.74, 6) is 0.507. The highest BCUT2D eigenvalue weighted by Gasteiger charge is 2.22. The normalized spacial score (nSPS) is 18.2. The summed E-state index contributed by atoms with van der Waals surface area (Å²) in [6, 6.07) is 10.6. The van der Waals surface area contributed by atoms with Gasteiger partial charge in [-0.1, -0.05) is 30.3 Å². The predicted molar refractivity (Wildman–Crippen MR) is 87.9 cm³/mol. The number of hydrogen-bond acceptors (Lipinski definition) is 4. The van der Waals surface area contributed by atoms with Gasteiger partial charge in [-0.25, -0.2) is 0 Å². The van der Waals surface area contributed by atoms with Crippen molar-refractivity contribution in [1.29, 1.82) is 0 Å². The molecule has 0 bridgehead atoms. The van der Waals surface area contributed by atoms with E-state index in [0.29, 0.717) is 23.9 Å². The lowest BCUT2D eigenvalue weighted by Crippen LogP contribution is -2.27. The molecule has 1 aliphatic heterocycles. The molecule has 3 rings (SSSR count). The molecule has 2 aromatic rings. The fraction of sp³-hybridized carbons (Fsp3) is 0.471. The van der Waals surface area contributed by atoms with Gasteiger partial charge in [0.05, 0.1) is 5.69 Å². The first-order valence-corrected chi connectivity index (χ1v) is 8.14. The number of aryl methyl sites for hydroxylation is 1. The summed E-state index contributed by atoms with van der Waals surface area (Å²) in [4.78, 5) is 14.5. The number of hydrogen-bond donors (Lipinski definition) is 2. The van der Waals surface area contributed by atoms with Crippen LogP contribution in [0.25, 0.3) is 0 Å². The second-order valence-electron chi connectivity index (χ2n) is 6.18. The highest BCUT2D eigenvalue weighted by molar-refractivity contribution is 5.93. The Morgan fingerprint density at radius 2 is 2.17 bits per heavy atom. The van der Waals surface area contributed by atoms with Gasteiger partial charge in [-0.15, -0.1) is 0 Å². The second-order valence-corrected chi connectivity index (χ2v) is 6.18. The van der Waals surface area contributed by atoms with Crippen LogP contribution in [0.15, 0.2) is 30.3 Å². The maximum absolute atomic E-state index is 12.0. The van der Waals surface area contributed by atoms with Gasteiger partial charge in [0.15, 0.2) is 5.69 Å². The number of likely N-dealkylation sites (tertiary alicyclic amines) is 1. The first-order chi connectivity index (χ1) is 11.2. The van der Waals surface area contributed by atoms with E-state index in [4.69, 9.17) is 0 Å². The molecule has 6 nitrogen and oxygen atoms in total. The molecule has 2 heterocycles. The second kappa shape index (κ2) is 7.37. The Bertz CT molecular complexity index is 639. The summed E-state index contributed by atoms with van der Waals surface area (Å²) in [6.45, 7) is 5.72. The van der Waals surface area contributed by atoms with Gasteiger partial charge in [0, 0.05) is 19.6 Å². The van der Waals surface area contributed by atoms with E-state index >= 15 is 0 Å². The number of aromatic amines is 1. The van der Waals surface area contributed by atoms with E-state index < -0.39 is 0 Å². The highest BCUT2D eigenvalue weighted by Crippen LogP contribution is 2.21. The fourth-order valence-corrected chi connectivity index (χ4v) is 3.11. The molecule has 1 aromatic heterocycles. The zero-order valence-electron chi connectivity index (χ0n) is 13.5. The maximum atomic E-state index is 12.0. The molecule has 1 saturated heterocycles. The molecule has 1 atom stereocenters. The topological polar surface area (TPSA) is 73.9 Å². The van der Waals surface area contributed by atoms with Crippen molar-refractivity contribution >= 4 is 5.91 Å². The van der Waals surface area contributed by atoms with Crippen LogP contribution in [0.3, 0.4) is 0 Å². The molecule has 2 N–H and O–H groups in total. The van der Waals surface area contributed by atoms with Crippen LogP contribution in [0, 0.1) is 12.8 Å². The van der Waals surface area contributed by atoms with Gasteiger partial charge >= 0.3 is 0 Å². The van der Waals surface area contributed by atoms with E-state index in [1.807, 2.05) is 0 Å². The minimum absolute atomic E-state index is 0.143. The number of carbonyl (C=O) groups is 1. The summed E-state index contributed by atoms with van der Waals surface area (Å²) in [5.41, 5.74) is 2.39. The monoisotopic (exact) mass is 313 g/mol. The van der Waals surface area contributed by atoms with Crippen molar-refractivity contribution in [2.45, 2.75) is 26.3 Å². The molecule has 0 spiro atoms. The molecule has 0 aliphatic carbocycles. The van der Waals surface area contributed by atoms with Gasteiger partial charge in [-0.05, 0) is 37.8 Å². The van der Waals surface area contributed by atoms with Crippen molar-refractivity contribution in [2.75, 3.05) is 19.6 Å². The summed E-state index contributed by atoms with van der Waals surface area (Å²) in [5, 5.41) is 13.1. The number of nitrogens with one attached hydrogen (secondary N) is 2. The Morgan fingerprint density at radius 1 is 1.35 bits per heavy atom. The summed E-state index contributed by atoms with van der Waals surface area (Å²) < 4.78 is 0. The largest absolute Gasteiger partial charge is 0.351 e. The number of benzene rings is 1. The van der Waals surface area contributed by atoms with Gasteiger partial charge < -0.3 is 5.32 Å². The Labute approximate surface area is 136 Å². The van der Waals surface area contributed by atoms with E-state index in [1.165, 1.54) is 12.0 Å². The molecular formula is C17H23N5O. The lowest BCUT2D eigenvalue weighted by Gasteiger charge is -2.16. The summed E-state index contributed by atoms with van der Waals surface area (Å²) in [6.07, 6.45) is 2.21. The SMILES string of the molecule is Cc1n[nH]nc1C(=O)NCCC1CCN(Cc2ccccc2)C1. The molecule has 6 heteroatoms. The standard InChI is InChI=1S/C17H23N5O/c1-13-16(20-21-19-13)17(23)18-9-7-15-8-10-22(12-15)11-14-5-3-2-4-6-14/h2-6,15H,7-12H2,1H3,(H,18,23)(H,19,20,21). The number of rotatable bonds is 6. The third-order valence-corrected chi connectivity index (χ3v) is 4.39. The Balaban J connectivity index is 1.39. The molecule has 0 saturated carbocycles. The molecule has 23 heavy (non-hydrogen) atoms. The van der Waals surface area contributed by atoms with Crippen molar-refractivity contribution in [3.05, 3.63) is 47.3 Å². The number of H-pyrrole nitrogens is 1. The van der Waals surface area contributed by atoms with Gasteiger partial charge in [0.25, 0.3) is 5.91 Å². The van der Waals surface area contributed by atoms with Crippen molar-refractivity contribution in [3.8, 4) is 0 Å². The van der Waals surface area contributed by atoms with Crippen LogP contribution >= 0.6 is 0 Å². The van der Waals surface area contributed by atoms with E-state index in [9.17, 15) is 4.79 Å². The Morgan fingerprint density at radius 3 is 2.91 bits per heavy atom. The lowest BCUT2D eigenvalue weighted by atomic mass is 10.1. The predicted octanol–water partition coefficient (Wildman–Crippen LogP) is 1.76. The highest BCUT2D eigenvalue weighted by atomic mass is 16.2. The minimum Gasteiger partial charge on any atom is -0.351 e. The minimum atomic E-state index is -0.143. The van der Waals surface area contributed by atoms with Gasteiger partial charge in [0.2, 0.25) is 0 Å². The van der Waals surface area contributed by atoms with Gasteiger partial charge in [0.1, 0.15) is 0 Å². The smallest absolute Gasteiger partial charge is 0.273 e. The van der Waals surface area contributed by atoms with E-state index in [-0.39, 0.29) is 5.91 Å². The maximum Gasteiger partial charge on any atom is 0.273 e. The third kappa shape index (κ3) is 4.16. The summed E-state index contributed by atoms with van der Waals surface area (Å²) in [7, 11) is 0. The number of carbonyl (C=O) groups excluding carboxylic acids is 1. The first-order valence-electron chi connectivity index (χ1n) is 8.14. The van der Waals surface area contributed by atoms with E-state index in [0.717, 1.165) is 26.1 Å². The molecule has 1 aliphatic rings. The Hall–Kier alpha value is -2.21. The number of amides is 1. The molecule has 1 aromatic carbocycles. The van der Waals surface area contributed by atoms with Crippen LogP contribution < -0.4 is 5.32 Å². The van der Waals surface area contributed by atoms with Crippen LogP contribution in [0.1, 0.15) is 34.6 Å². The van der Waals surface area contributed by atoms with Crippen molar-refractivity contribution < 1.29 is 4.79 Å². The zero-order valence-corrected chi connectivity index (χ0v) is 13.5. The van der Waals surface area contributed by atoms with Crippen LogP contribution in [0.2, 0.25) is 0 Å². The molecular weight excluding hydrogens is 290 g/mol. The average Bonchev–Trinajstić information content (AvgIpc) is 3.17. The average molecular weight is 313 g/mol. The number of nitrogens with zero attached hydrogens (tertiary/aromatic N) is 3. The van der Waals surface area contributed by atoms with Crippen LogP contribution in [-0.4, -0.2) is 45.9 Å². The van der Waals surface area contributed by atoms with E-state index in [1.54, 1.807) is 6.92 Å². The van der Waals surface area contributed by atoms with E-state index in [2.05, 4.69) is 56.0 Å².